The van der Waals surface area contributed by atoms with E-state index in [1.54, 1.807) is 12.1 Å². The quantitative estimate of drug-likeness (QED) is 0.789. The fraction of sp³-hybridized carbons (Fsp3) is 0.500. The van der Waals surface area contributed by atoms with E-state index in [0.717, 1.165) is 18.4 Å². The monoisotopic (exact) mass is 325 g/mol. The maximum atomic E-state index is 12.4. The highest BCUT2D eigenvalue weighted by Crippen LogP contribution is 2.23. The fourth-order valence-corrected chi connectivity index (χ4v) is 2.07. The molecule has 0 aliphatic carbocycles. The van der Waals surface area contributed by atoms with E-state index in [-0.39, 0.29) is 18.3 Å². The zero-order valence-corrected chi connectivity index (χ0v) is 13.5. The number of nitrogens with zero attached hydrogens (tertiary/aromatic N) is 2. The Hall–Kier alpha value is -2.18. The molecule has 0 fully saturated rings. The number of nitrogens with one attached hydrogen (secondary N) is 1. The van der Waals surface area contributed by atoms with Gasteiger partial charge in [-0.15, -0.1) is 5.10 Å². The molecule has 2 aromatic rings. The van der Waals surface area contributed by atoms with Gasteiger partial charge in [0.15, 0.2) is 0 Å². The predicted octanol–water partition coefficient (Wildman–Crippen LogP) is 4.18. The van der Waals surface area contributed by atoms with E-state index < -0.39 is 6.61 Å². The van der Waals surface area contributed by atoms with Crippen molar-refractivity contribution in [1.29, 1.82) is 0 Å². The first-order valence-corrected chi connectivity index (χ1v) is 7.54. The Kier molecular flexibility index (Phi) is 5.90. The third-order valence-corrected chi connectivity index (χ3v) is 3.26. The second kappa shape index (κ2) is 7.89. The lowest BCUT2D eigenvalue weighted by Crippen LogP contribution is -2.07. The molecule has 0 atom stereocenters. The van der Waals surface area contributed by atoms with Gasteiger partial charge in [-0.1, -0.05) is 36.6 Å². The minimum absolute atomic E-state index is 0.137. The SMILES string of the molecule is Cc1ccc(OC(F)F)c(CNc2nnc(CCC(C)C)o2)c1. The number of alkyl halides is 2. The van der Waals surface area contributed by atoms with Crippen molar-refractivity contribution in [2.45, 2.75) is 46.8 Å². The van der Waals surface area contributed by atoms with Gasteiger partial charge in [-0.25, -0.2) is 0 Å². The van der Waals surface area contributed by atoms with Crippen LogP contribution in [0.3, 0.4) is 0 Å². The maximum absolute atomic E-state index is 12.4. The van der Waals surface area contributed by atoms with Crippen molar-refractivity contribution in [3.8, 4) is 5.75 Å². The van der Waals surface area contributed by atoms with Crippen LogP contribution in [0.2, 0.25) is 0 Å². The molecule has 0 aliphatic rings. The molecular formula is C16H21F2N3O2. The van der Waals surface area contributed by atoms with Crippen molar-refractivity contribution < 1.29 is 17.9 Å². The summed E-state index contributed by atoms with van der Waals surface area (Å²) in [5.41, 5.74) is 1.55. The summed E-state index contributed by atoms with van der Waals surface area (Å²) in [6, 6.07) is 5.30. The van der Waals surface area contributed by atoms with Crippen molar-refractivity contribution in [3.05, 3.63) is 35.2 Å². The number of aryl methyl sites for hydroxylation is 2. The summed E-state index contributed by atoms with van der Waals surface area (Å²) in [6.45, 7) is 3.53. The minimum atomic E-state index is -2.86. The van der Waals surface area contributed by atoms with Crippen LogP contribution in [-0.4, -0.2) is 16.8 Å². The number of ether oxygens (including phenoxy) is 1. The van der Waals surface area contributed by atoms with Gasteiger partial charge >= 0.3 is 12.6 Å². The molecule has 1 heterocycles. The Morgan fingerprint density at radius 3 is 2.74 bits per heavy atom. The minimum Gasteiger partial charge on any atom is -0.434 e. The summed E-state index contributed by atoms with van der Waals surface area (Å²) in [5.74, 6) is 1.26. The van der Waals surface area contributed by atoms with Crippen molar-refractivity contribution in [2.24, 2.45) is 5.92 Å². The van der Waals surface area contributed by atoms with E-state index in [1.165, 1.54) is 6.07 Å². The number of hydrogen-bond acceptors (Lipinski definition) is 5. The Morgan fingerprint density at radius 2 is 2.04 bits per heavy atom. The number of rotatable bonds is 8. The molecule has 0 unspecified atom stereocenters. The van der Waals surface area contributed by atoms with Crippen molar-refractivity contribution in [2.75, 3.05) is 5.32 Å². The highest BCUT2D eigenvalue weighted by Gasteiger charge is 2.12. The van der Waals surface area contributed by atoms with Gasteiger partial charge in [0.05, 0.1) is 0 Å². The molecule has 0 bridgehead atoms. The van der Waals surface area contributed by atoms with Gasteiger partial charge in [-0.05, 0) is 25.3 Å². The standard InChI is InChI=1S/C16H21F2N3O2/c1-10(2)4-7-14-20-21-16(23-14)19-9-12-8-11(3)5-6-13(12)22-15(17)18/h5-6,8,10,15H,4,7,9H2,1-3H3,(H,19,21). The number of aromatic nitrogens is 2. The zero-order chi connectivity index (χ0) is 16.8. The molecule has 1 aromatic heterocycles. The number of benzene rings is 1. The largest absolute Gasteiger partial charge is 0.434 e. The second-order valence-corrected chi connectivity index (χ2v) is 5.78. The molecule has 0 aliphatic heterocycles. The Labute approximate surface area is 134 Å². The summed E-state index contributed by atoms with van der Waals surface area (Å²) in [5, 5.41) is 10.8. The lowest BCUT2D eigenvalue weighted by Gasteiger charge is -2.11. The topological polar surface area (TPSA) is 60.2 Å². The summed E-state index contributed by atoms with van der Waals surface area (Å²) in [6.07, 6.45) is 1.68. The van der Waals surface area contributed by atoms with Crippen LogP contribution in [-0.2, 0) is 13.0 Å². The fourth-order valence-electron chi connectivity index (χ4n) is 2.07. The molecule has 1 aromatic carbocycles. The second-order valence-electron chi connectivity index (χ2n) is 5.78. The molecule has 2 rings (SSSR count). The van der Waals surface area contributed by atoms with Crippen LogP contribution in [0, 0.1) is 12.8 Å². The number of anilines is 1. The molecule has 0 spiro atoms. The van der Waals surface area contributed by atoms with Crippen LogP contribution in [0.1, 0.15) is 37.3 Å². The molecule has 0 saturated carbocycles. The first-order chi connectivity index (χ1) is 10.9. The predicted molar refractivity (Wildman–Crippen MR) is 82.6 cm³/mol. The molecule has 23 heavy (non-hydrogen) atoms. The number of halogens is 2. The van der Waals surface area contributed by atoms with E-state index in [2.05, 4.69) is 34.1 Å². The molecule has 126 valence electrons. The lowest BCUT2D eigenvalue weighted by molar-refractivity contribution is -0.0504. The number of hydrogen-bond donors (Lipinski definition) is 1. The third-order valence-electron chi connectivity index (χ3n) is 3.26. The zero-order valence-electron chi connectivity index (χ0n) is 13.5. The average molecular weight is 325 g/mol. The van der Waals surface area contributed by atoms with Crippen LogP contribution in [0.5, 0.6) is 5.75 Å². The Balaban J connectivity index is 1.99. The third kappa shape index (κ3) is 5.50. The van der Waals surface area contributed by atoms with E-state index in [4.69, 9.17) is 4.42 Å². The van der Waals surface area contributed by atoms with Gasteiger partial charge < -0.3 is 14.5 Å². The summed E-state index contributed by atoms with van der Waals surface area (Å²) in [7, 11) is 0. The highest BCUT2D eigenvalue weighted by atomic mass is 19.3. The Morgan fingerprint density at radius 1 is 1.26 bits per heavy atom. The molecule has 0 amide bonds. The van der Waals surface area contributed by atoms with Crippen LogP contribution in [0.25, 0.3) is 0 Å². The normalized spacial score (nSPS) is 11.3. The van der Waals surface area contributed by atoms with Crippen molar-refractivity contribution in [3.63, 3.8) is 0 Å². The first kappa shape index (κ1) is 17.2. The summed E-state index contributed by atoms with van der Waals surface area (Å²) < 4.78 is 34.9. The van der Waals surface area contributed by atoms with Crippen LogP contribution in [0.15, 0.2) is 22.6 Å². The lowest BCUT2D eigenvalue weighted by atomic mass is 10.1. The maximum Gasteiger partial charge on any atom is 0.387 e. The molecule has 0 saturated heterocycles. The Bertz CT molecular complexity index is 630. The molecule has 5 nitrogen and oxygen atoms in total. The first-order valence-electron chi connectivity index (χ1n) is 7.54. The van der Waals surface area contributed by atoms with Crippen molar-refractivity contribution >= 4 is 6.01 Å². The van der Waals surface area contributed by atoms with Gasteiger partial charge in [0.25, 0.3) is 0 Å². The van der Waals surface area contributed by atoms with E-state index in [1.807, 2.05) is 6.92 Å². The smallest absolute Gasteiger partial charge is 0.387 e. The summed E-state index contributed by atoms with van der Waals surface area (Å²) >= 11 is 0. The van der Waals surface area contributed by atoms with E-state index >= 15 is 0 Å². The van der Waals surface area contributed by atoms with E-state index in [0.29, 0.717) is 17.4 Å². The van der Waals surface area contributed by atoms with Gasteiger partial charge in [0.1, 0.15) is 5.75 Å². The van der Waals surface area contributed by atoms with Crippen LogP contribution >= 0.6 is 0 Å². The van der Waals surface area contributed by atoms with Crippen molar-refractivity contribution in [1.82, 2.24) is 10.2 Å². The van der Waals surface area contributed by atoms with Crippen LogP contribution in [0.4, 0.5) is 14.8 Å². The summed E-state index contributed by atoms with van der Waals surface area (Å²) in [4.78, 5) is 0. The van der Waals surface area contributed by atoms with E-state index in [9.17, 15) is 8.78 Å². The van der Waals surface area contributed by atoms with Gasteiger partial charge in [0.2, 0.25) is 5.89 Å². The molecule has 7 heteroatoms. The average Bonchev–Trinajstić information content (AvgIpc) is 2.93. The van der Waals surface area contributed by atoms with Gasteiger partial charge in [0, 0.05) is 18.5 Å². The van der Waals surface area contributed by atoms with Gasteiger partial charge in [-0.2, -0.15) is 8.78 Å². The van der Waals surface area contributed by atoms with Crippen LogP contribution < -0.4 is 10.1 Å². The molecule has 1 N–H and O–H groups in total. The molecular weight excluding hydrogens is 304 g/mol. The van der Waals surface area contributed by atoms with Gasteiger partial charge in [-0.3, -0.25) is 0 Å². The molecule has 0 radical (unpaired) electrons. The highest BCUT2D eigenvalue weighted by molar-refractivity contribution is 5.39.